The Bertz CT molecular complexity index is 719. The zero-order valence-electron chi connectivity index (χ0n) is 15.1. The third-order valence-electron chi connectivity index (χ3n) is 5.63. The molecule has 140 valence electrons. The highest BCUT2D eigenvalue weighted by atomic mass is 16.5. The molecule has 4 rings (SSSR count). The van der Waals surface area contributed by atoms with Crippen LogP contribution < -0.4 is 0 Å². The molecule has 0 N–H and O–H groups in total. The molecule has 0 saturated carbocycles. The van der Waals surface area contributed by atoms with Crippen molar-refractivity contribution in [2.45, 2.75) is 18.2 Å². The second-order valence-corrected chi connectivity index (χ2v) is 7.18. The molecule has 2 unspecified atom stereocenters. The van der Waals surface area contributed by atoms with Crippen LogP contribution in [0.5, 0.6) is 0 Å². The Kier molecular flexibility index (Phi) is 4.32. The van der Waals surface area contributed by atoms with Gasteiger partial charge in [0, 0.05) is 39.6 Å². The number of likely N-dealkylation sites (N-methyl/N-ethyl adjacent to an activating group) is 1. The second kappa shape index (κ2) is 6.51. The Morgan fingerprint density at radius 2 is 2.35 bits per heavy atom. The number of likely N-dealkylation sites (tertiary alicyclic amines) is 1. The molecule has 1 spiro atoms. The van der Waals surface area contributed by atoms with E-state index in [2.05, 4.69) is 5.10 Å². The first-order valence-corrected chi connectivity index (χ1v) is 8.93. The van der Waals surface area contributed by atoms with Gasteiger partial charge in [-0.05, 0) is 6.07 Å². The maximum atomic E-state index is 13.1. The predicted molar refractivity (Wildman–Crippen MR) is 92.0 cm³/mol. The van der Waals surface area contributed by atoms with E-state index in [0.29, 0.717) is 32.8 Å². The Labute approximate surface area is 152 Å². The van der Waals surface area contributed by atoms with Gasteiger partial charge in [-0.2, -0.15) is 5.10 Å². The second-order valence-electron chi connectivity index (χ2n) is 7.18. The lowest BCUT2D eigenvalue weighted by Gasteiger charge is -2.27. The molecule has 3 aliphatic heterocycles. The van der Waals surface area contributed by atoms with Gasteiger partial charge in [0.05, 0.1) is 37.6 Å². The van der Waals surface area contributed by atoms with E-state index in [1.807, 2.05) is 24.4 Å². The van der Waals surface area contributed by atoms with Crippen LogP contribution in [0.1, 0.15) is 0 Å². The van der Waals surface area contributed by atoms with Gasteiger partial charge in [0.25, 0.3) is 0 Å². The Morgan fingerprint density at radius 3 is 3.08 bits per heavy atom. The summed E-state index contributed by atoms with van der Waals surface area (Å²) in [5.74, 6) is -0.940. The highest BCUT2D eigenvalue weighted by molar-refractivity contribution is 5.93. The fraction of sp³-hybridized carbons (Fsp3) is 0.611. The molecule has 2 bridgehead atoms. The molecule has 0 aromatic carbocycles. The number of carbonyl (C=O) groups excluding carboxylic acids is 2. The van der Waals surface area contributed by atoms with Crippen LogP contribution in [0.15, 0.2) is 30.6 Å². The van der Waals surface area contributed by atoms with Crippen molar-refractivity contribution in [2.24, 2.45) is 11.8 Å². The molecule has 2 amide bonds. The first kappa shape index (κ1) is 17.2. The summed E-state index contributed by atoms with van der Waals surface area (Å²) in [6.07, 6.45) is 7.18. The fourth-order valence-electron chi connectivity index (χ4n) is 4.30. The molecule has 2 saturated heterocycles. The summed E-state index contributed by atoms with van der Waals surface area (Å²) in [7, 11) is 3.39. The van der Waals surface area contributed by atoms with E-state index in [1.165, 1.54) is 0 Å². The van der Waals surface area contributed by atoms with E-state index in [1.54, 1.807) is 34.8 Å². The maximum absolute atomic E-state index is 13.1. The van der Waals surface area contributed by atoms with Crippen LogP contribution in [0, 0.1) is 11.8 Å². The number of hydrogen-bond acceptors (Lipinski definition) is 5. The summed E-state index contributed by atoms with van der Waals surface area (Å²) in [6, 6.07) is 1.85. The zero-order valence-corrected chi connectivity index (χ0v) is 15.1. The summed E-state index contributed by atoms with van der Waals surface area (Å²) in [5.41, 5.74) is -0.654. The number of hydrogen-bond donors (Lipinski definition) is 0. The first-order chi connectivity index (χ1) is 12.6. The SMILES string of the molecule is COCCN1C[C@@]23C=C[C@@H](O2)C(C(=O)N(C)CCn2cccn2)C3C1=O. The number of rotatable bonds is 7. The van der Waals surface area contributed by atoms with Gasteiger partial charge in [-0.1, -0.05) is 12.2 Å². The van der Waals surface area contributed by atoms with Gasteiger partial charge >= 0.3 is 0 Å². The zero-order chi connectivity index (χ0) is 18.3. The summed E-state index contributed by atoms with van der Waals surface area (Å²) in [5, 5.41) is 4.16. The smallest absolute Gasteiger partial charge is 0.230 e. The van der Waals surface area contributed by atoms with Crippen molar-refractivity contribution >= 4 is 11.8 Å². The first-order valence-electron chi connectivity index (χ1n) is 8.93. The van der Waals surface area contributed by atoms with Crippen LogP contribution in [-0.2, 0) is 25.6 Å². The van der Waals surface area contributed by atoms with E-state index < -0.39 is 17.4 Å². The lowest BCUT2D eigenvalue weighted by molar-refractivity contribution is -0.142. The van der Waals surface area contributed by atoms with Gasteiger partial charge in [0.2, 0.25) is 11.8 Å². The van der Waals surface area contributed by atoms with Crippen LogP contribution in [0.25, 0.3) is 0 Å². The normalized spacial score (nSPS) is 31.7. The molecule has 1 aromatic rings. The van der Waals surface area contributed by atoms with E-state index >= 15 is 0 Å². The number of methoxy groups -OCH3 is 1. The molecule has 4 atom stereocenters. The van der Waals surface area contributed by atoms with Crippen molar-refractivity contribution in [2.75, 3.05) is 40.4 Å². The minimum Gasteiger partial charge on any atom is -0.383 e. The average Bonchev–Trinajstić information content (AvgIpc) is 3.39. The summed E-state index contributed by atoms with van der Waals surface area (Å²) in [6.45, 7) is 2.64. The third kappa shape index (κ3) is 2.64. The van der Waals surface area contributed by atoms with E-state index in [0.717, 1.165) is 0 Å². The quantitative estimate of drug-likeness (QED) is 0.628. The number of aromatic nitrogens is 2. The van der Waals surface area contributed by atoms with E-state index in [9.17, 15) is 9.59 Å². The molecular formula is C18H24N4O4. The highest BCUT2D eigenvalue weighted by Crippen LogP contribution is 2.52. The van der Waals surface area contributed by atoms with Crippen LogP contribution in [-0.4, -0.2) is 83.5 Å². The van der Waals surface area contributed by atoms with Gasteiger partial charge in [0.1, 0.15) is 5.60 Å². The molecule has 3 aliphatic rings. The Balaban J connectivity index is 1.47. The van der Waals surface area contributed by atoms with Gasteiger partial charge in [-0.25, -0.2) is 0 Å². The number of amides is 2. The fourth-order valence-corrected chi connectivity index (χ4v) is 4.30. The Hall–Kier alpha value is -2.19. The van der Waals surface area contributed by atoms with Crippen molar-refractivity contribution in [3.8, 4) is 0 Å². The molecule has 4 heterocycles. The van der Waals surface area contributed by atoms with E-state index in [4.69, 9.17) is 9.47 Å². The largest absolute Gasteiger partial charge is 0.383 e. The maximum Gasteiger partial charge on any atom is 0.230 e. The lowest BCUT2D eigenvalue weighted by atomic mass is 9.76. The molecular weight excluding hydrogens is 336 g/mol. The highest BCUT2D eigenvalue weighted by Gasteiger charge is 2.66. The molecule has 2 fully saturated rings. The number of carbonyl (C=O) groups is 2. The van der Waals surface area contributed by atoms with Crippen LogP contribution in [0.4, 0.5) is 0 Å². The lowest BCUT2D eigenvalue weighted by Crippen LogP contribution is -2.45. The van der Waals surface area contributed by atoms with Gasteiger partial charge < -0.3 is 19.3 Å². The van der Waals surface area contributed by atoms with Crippen molar-refractivity contribution in [1.82, 2.24) is 19.6 Å². The number of fused-ring (bicyclic) bond motifs is 1. The topological polar surface area (TPSA) is 76.9 Å². The summed E-state index contributed by atoms with van der Waals surface area (Å²) < 4.78 is 13.0. The van der Waals surface area contributed by atoms with Crippen LogP contribution in [0.3, 0.4) is 0 Å². The Morgan fingerprint density at radius 1 is 1.50 bits per heavy atom. The van der Waals surface area contributed by atoms with Gasteiger partial charge in [-0.15, -0.1) is 0 Å². The average molecular weight is 360 g/mol. The van der Waals surface area contributed by atoms with Gasteiger partial charge in [0.15, 0.2) is 0 Å². The number of ether oxygens (including phenoxy) is 2. The molecule has 8 nitrogen and oxygen atoms in total. The van der Waals surface area contributed by atoms with E-state index in [-0.39, 0.29) is 17.9 Å². The van der Waals surface area contributed by atoms with Crippen molar-refractivity contribution in [3.05, 3.63) is 30.6 Å². The van der Waals surface area contributed by atoms with Crippen LogP contribution >= 0.6 is 0 Å². The minimum absolute atomic E-state index is 0.00673. The minimum atomic E-state index is -0.654. The van der Waals surface area contributed by atoms with Crippen molar-refractivity contribution < 1.29 is 19.1 Å². The molecule has 0 aliphatic carbocycles. The molecule has 8 heteroatoms. The van der Waals surface area contributed by atoms with Gasteiger partial charge in [-0.3, -0.25) is 14.3 Å². The number of nitrogens with zero attached hydrogens (tertiary/aromatic N) is 4. The summed E-state index contributed by atoms with van der Waals surface area (Å²) >= 11 is 0. The standard InChI is InChI=1S/C18H24N4O4/c1-20(8-9-22-7-3-6-19-22)16(23)14-13-4-5-18(26-13)12-21(10-11-25-2)17(24)15(14)18/h3-7,13-15H,8-12H2,1-2H3/t13-,14?,15?,18-/m1/s1. The molecule has 0 radical (unpaired) electrons. The predicted octanol–water partition coefficient (Wildman–Crippen LogP) is -0.230. The van der Waals surface area contributed by atoms with Crippen molar-refractivity contribution in [1.29, 1.82) is 0 Å². The van der Waals surface area contributed by atoms with Crippen LogP contribution in [0.2, 0.25) is 0 Å². The molecule has 1 aromatic heterocycles. The molecule has 26 heavy (non-hydrogen) atoms. The third-order valence-corrected chi connectivity index (χ3v) is 5.63. The monoisotopic (exact) mass is 360 g/mol. The summed E-state index contributed by atoms with van der Waals surface area (Å²) in [4.78, 5) is 29.5. The van der Waals surface area contributed by atoms with Crippen molar-refractivity contribution in [3.63, 3.8) is 0 Å².